The average Bonchev–Trinajstić information content (AvgIpc) is 3.29. The van der Waals surface area contributed by atoms with Gasteiger partial charge in [-0.15, -0.1) is 0 Å². The number of carbonyl (C=O) groups is 1. The predicted molar refractivity (Wildman–Crippen MR) is 102 cm³/mol. The largest absolute Gasteiger partial charge is 0.471 e. The minimum Gasteiger partial charge on any atom is -0.471 e. The van der Waals surface area contributed by atoms with Crippen molar-refractivity contribution in [3.05, 3.63) is 65.2 Å². The Hall–Kier alpha value is -3.09. The van der Waals surface area contributed by atoms with Crippen LogP contribution in [0.25, 0.3) is 0 Å². The second kappa shape index (κ2) is 8.07. The van der Waals surface area contributed by atoms with Crippen LogP contribution < -0.4 is 4.74 Å². The molecule has 3 aromatic rings. The van der Waals surface area contributed by atoms with Gasteiger partial charge in [0.05, 0.1) is 12.2 Å². The third kappa shape index (κ3) is 4.36. The molecule has 0 N–H and O–H groups in total. The van der Waals surface area contributed by atoms with Crippen molar-refractivity contribution in [2.24, 2.45) is 0 Å². The van der Waals surface area contributed by atoms with Crippen molar-refractivity contribution in [2.75, 3.05) is 7.05 Å². The van der Waals surface area contributed by atoms with Gasteiger partial charge in [-0.25, -0.2) is 4.68 Å². The molecule has 2 aromatic heterocycles. The van der Waals surface area contributed by atoms with Crippen molar-refractivity contribution in [1.29, 1.82) is 0 Å². The number of amides is 1. The third-order valence-corrected chi connectivity index (χ3v) is 4.39. The summed E-state index contributed by atoms with van der Waals surface area (Å²) in [5, 5.41) is 8.58. The molecule has 0 aliphatic rings. The fraction of sp³-hybridized carbons (Fsp3) is 0.350. The SMILES string of the molecule is CCn1nccc1CN(C)C(=O)c1ccn(COc2ccc(C)cc2C)n1. The summed E-state index contributed by atoms with van der Waals surface area (Å²) < 4.78 is 9.31. The summed E-state index contributed by atoms with van der Waals surface area (Å²) in [4.78, 5) is 14.3. The number of aryl methyl sites for hydroxylation is 3. The summed E-state index contributed by atoms with van der Waals surface area (Å²) in [5.41, 5.74) is 3.65. The van der Waals surface area contributed by atoms with Gasteiger partial charge in [-0.3, -0.25) is 9.48 Å². The summed E-state index contributed by atoms with van der Waals surface area (Å²) in [6.45, 7) is 7.59. The molecule has 0 saturated carbocycles. The topological polar surface area (TPSA) is 65.2 Å². The first-order valence-corrected chi connectivity index (χ1v) is 8.97. The number of ether oxygens (including phenoxy) is 1. The van der Waals surface area contributed by atoms with Crippen LogP contribution in [0, 0.1) is 13.8 Å². The van der Waals surface area contributed by atoms with Crippen LogP contribution in [0.1, 0.15) is 34.2 Å². The van der Waals surface area contributed by atoms with Gasteiger partial charge in [0, 0.05) is 26.0 Å². The molecule has 0 saturated heterocycles. The Morgan fingerprint density at radius 1 is 1.22 bits per heavy atom. The Morgan fingerprint density at radius 2 is 2.04 bits per heavy atom. The first-order valence-electron chi connectivity index (χ1n) is 8.97. The molecule has 7 heteroatoms. The van der Waals surface area contributed by atoms with Crippen LogP contribution in [-0.4, -0.2) is 37.4 Å². The van der Waals surface area contributed by atoms with E-state index in [0.717, 1.165) is 23.6 Å². The Kier molecular flexibility index (Phi) is 5.59. The second-order valence-electron chi connectivity index (χ2n) is 6.58. The summed E-state index contributed by atoms with van der Waals surface area (Å²) in [5.74, 6) is 0.679. The monoisotopic (exact) mass is 367 g/mol. The predicted octanol–water partition coefficient (Wildman–Crippen LogP) is 3.03. The van der Waals surface area contributed by atoms with E-state index in [2.05, 4.69) is 16.3 Å². The third-order valence-electron chi connectivity index (χ3n) is 4.39. The van der Waals surface area contributed by atoms with Gasteiger partial charge in [0.1, 0.15) is 5.75 Å². The molecule has 0 unspecified atom stereocenters. The lowest BCUT2D eigenvalue weighted by atomic mass is 10.1. The van der Waals surface area contributed by atoms with E-state index in [4.69, 9.17) is 4.74 Å². The van der Waals surface area contributed by atoms with Crippen LogP contribution in [0.3, 0.4) is 0 Å². The van der Waals surface area contributed by atoms with Crippen LogP contribution in [-0.2, 0) is 19.8 Å². The van der Waals surface area contributed by atoms with Crippen molar-refractivity contribution in [3.8, 4) is 5.75 Å². The molecule has 7 nitrogen and oxygen atoms in total. The molecule has 0 fully saturated rings. The second-order valence-corrected chi connectivity index (χ2v) is 6.58. The van der Waals surface area contributed by atoms with Gasteiger partial charge in [0.15, 0.2) is 12.4 Å². The lowest BCUT2D eigenvalue weighted by Crippen LogP contribution is -2.28. The maximum atomic E-state index is 12.6. The van der Waals surface area contributed by atoms with Gasteiger partial charge < -0.3 is 9.64 Å². The van der Waals surface area contributed by atoms with E-state index in [0.29, 0.717) is 12.2 Å². The quantitative estimate of drug-likeness (QED) is 0.644. The first-order chi connectivity index (χ1) is 13.0. The maximum absolute atomic E-state index is 12.6. The lowest BCUT2D eigenvalue weighted by molar-refractivity contribution is 0.0773. The number of hydrogen-bond donors (Lipinski definition) is 0. The molecule has 142 valence electrons. The van der Waals surface area contributed by atoms with E-state index >= 15 is 0 Å². The standard InChI is InChI=1S/C20H25N5O2/c1-5-25-17(8-10-21-25)13-23(4)20(26)18-9-11-24(22-18)14-27-19-7-6-15(2)12-16(19)3/h6-12H,5,13-14H2,1-4H3. The smallest absolute Gasteiger partial charge is 0.274 e. The van der Waals surface area contributed by atoms with Gasteiger partial charge in [0.25, 0.3) is 5.91 Å². The molecule has 27 heavy (non-hydrogen) atoms. The van der Waals surface area contributed by atoms with Gasteiger partial charge >= 0.3 is 0 Å². The molecule has 1 aromatic carbocycles. The van der Waals surface area contributed by atoms with E-state index in [1.54, 1.807) is 35.1 Å². The number of carbonyl (C=O) groups excluding carboxylic acids is 1. The van der Waals surface area contributed by atoms with Crippen LogP contribution in [0.2, 0.25) is 0 Å². The molecule has 0 radical (unpaired) electrons. The van der Waals surface area contributed by atoms with Crippen molar-refractivity contribution >= 4 is 5.91 Å². The highest BCUT2D eigenvalue weighted by Crippen LogP contribution is 2.19. The molecule has 1 amide bonds. The number of rotatable bonds is 7. The Balaban J connectivity index is 1.61. The Labute approximate surface area is 159 Å². The van der Waals surface area contributed by atoms with Gasteiger partial charge in [-0.1, -0.05) is 17.7 Å². The molecule has 0 spiro atoms. The average molecular weight is 367 g/mol. The molecule has 0 aliphatic heterocycles. The number of nitrogens with zero attached hydrogens (tertiary/aromatic N) is 5. The normalized spacial score (nSPS) is 10.8. The van der Waals surface area contributed by atoms with Crippen LogP contribution in [0.4, 0.5) is 0 Å². The minimum absolute atomic E-state index is 0.135. The highest BCUT2D eigenvalue weighted by molar-refractivity contribution is 5.91. The summed E-state index contributed by atoms with van der Waals surface area (Å²) in [6, 6.07) is 9.66. The van der Waals surface area contributed by atoms with E-state index in [-0.39, 0.29) is 12.6 Å². The highest BCUT2D eigenvalue weighted by Gasteiger charge is 2.16. The van der Waals surface area contributed by atoms with Crippen molar-refractivity contribution < 1.29 is 9.53 Å². The molecule has 3 rings (SSSR count). The molecule has 0 aliphatic carbocycles. The van der Waals surface area contributed by atoms with Gasteiger partial charge in [0.2, 0.25) is 0 Å². The molecule has 0 bridgehead atoms. The van der Waals surface area contributed by atoms with Crippen LogP contribution >= 0.6 is 0 Å². The van der Waals surface area contributed by atoms with Crippen molar-refractivity contribution in [3.63, 3.8) is 0 Å². The van der Waals surface area contributed by atoms with Crippen LogP contribution in [0.15, 0.2) is 42.7 Å². The zero-order valence-corrected chi connectivity index (χ0v) is 16.2. The first kappa shape index (κ1) is 18.7. The van der Waals surface area contributed by atoms with Gasteiger partial charge in [-0.05, 0) is 44.5 Å². The Morgan fingerprint density at radius 3 is 2.78 bits per heavy atom. The number of aromatic nitrogens is 4. The van der Waals surface area contributed by atoms with Crippen molar-refractivity contribution in [2.45, 2.75) is 40.6 Å². The molecular formula is C20H25N5O2. The fourth-order valence-electron chi connectivity index (χ4n) is 2.93. The van der Waals surface area contributed by atoms with Gasteiger partial charge in [-0.2, -0.15) is 10.2 Å². The minimum atomic E-state index is -0.135. The van der Waals surface area contributed by atoms with Crippen molar-refractivity contribution in [1.82, 2.24) is 24.5 Å². The number of benzene rings is 1. The lowest BCUT2D eigenvalue weighted by Gasteiger charge is -2.16. The Bertz CT molecular complexity index is 928. The summed E-state index contributed by atoms with van der Waals surface area (Å²) in [7, 11) is 1.76. The highest BCUT2D eigenvalue weighted by atomic mass is 16.5. The van der Waals surface area contributed by atoms with Crippen LogP contribution in [0.5, 0.6) is 5.75 Å². The maximum Gasteiger partial charge on any atom is 0.274 e. The zero-order chi connectivity index (χ0) is 19.4. The van der Waals surface area contributed by atoms with E-state index in [9.17, 15) is 4.79 Å². The molecule has 2 heterocycles. The van der Waals surface area contributed by atoms with E-state index < -0.39 is 0 Å². The van der Waals surface area contributed by atoms with E-state index in [1.165, 1.54) is 5.56 Å². The van der Waals surface area contributed by atoms with E-state index in [1.807, 2.05) is 43.7 Å². The zero-order valence-electron chi connectivity index (χ0n) is 16.2. The summed E-state index contributed by atoms with van der Waals surface area (Å²) >= 11 is 0. The fourth-order valence-corrected chi connectivity index (χ4v) is 2.93. The molecular weight excluding hydrogens is 342 g/mol. The number of hydrogen-bond acceptors (Lipinski definition) is 4. The molecule has 0 atom stereocenters. The summed E-state index contributed by atoms with van der Waals surface area (Å²) in [6.07, 6.45) is 3.50.